The largest absolute Gasteiger partial charge is 0.457 e. The highest BCUT2D eigenvalue weighted by atomic mass is 32.2. The van der Waals surface area contributed by atoms with E-state index in [1.54, 1.807) is 0 Å². The number of hydrogen-bond donors (Lipinski definition) is 1. The number of para-hydroxylation sites is 1. The molecule has 0 saturated carbocycles. The molecule has 1 N–H and O–H groups in total. The molecule has 0 radical (unpaired) electrons. The highest BCUT2D eigenvalue weighted by Gasteiger charge is 2.01. The summed E-state index contributed by atoms with van der Waals surface area (Å²) in [6.45, 7) is 0.447. The first-order chi connectivity index (χ1) is 10.0. The topological polar surface area (TPSA) is 55.4 Å². The molecule has 0 unspecified atom stereocenters. The smallest absolute Gasteiger partial charge is 0.208 e. The zero-order valence-corrected chi connectivity index (χ0v) is 12.8. The van der Waals surface area contributed by atoms with Crippen LogP contribution in [-0.4, -0.2) is 21.2 Å². The Morgan fingerprint density at radius 3 is 2.43 bits per heavy atom. The van der Waals surface area contributed by atoms with Crippen molar-refractivity contribution < 1.29 is 13.2 Å². The Hall–Kier alpha value is -1.85. The molecule has 0 aliphatic carbocycles. The summed E-state index contributed by atoms with van der Waals surface area (Å²) in [7, 11) is -3.10. The second-order valence-corrected chi connectivity index (χ2v) is 6.67. The Balaban J connectivity index is 1.89. The van der Waals surface area contributed by atoms with Crippen molar-refractivity contribution in [1.29, 1.82) is 0 Å². The minimum atomic E-state index is -3.10. The van der Waals surface area contributed by atoms with Crippen molar-refractivity contribution in [2.75, 3.05) is 12.8 Å². The molecule has 0 spiro atoms. The van der Waals surface area contributed by atoms with Crippen LogP contribution in [0.5, 0.6) is 11.5 Å². The number of ether oxygens (including phenoxy) is 1. The van der Waals surface area contributed by atoms with Crippen LogP contribution in [0, 0.1) is 0 Å². The van der Waals surface area contributed by atoms with Gasteiger partial charge in [-0.15, -0.1) is 0 Å². The van der Waals surface area contributed by atoms with Crippen molar-refractivity contribution in [2.24, 2.45) is 0 Å². The third-order valence-electron chi connectivity index (χ3n) is 2.88. The van der Waals surface area contributed by atoms with Crippen LogP contribution in [0.1, 0.15) is 12.0 Å². The number of rotatable bonds is 7. The minimum absolute atomic E-state index is 0.447. The maximum atomic E-state index is 11.0. The van der Waals surface area contributed by atoms with Gasteiger partial charge in [0.2, 0.25) is 10.0 Å². The van der Waals surface area contributed by atoms with Crippen molar-refractivity contribution in [3.8, 4) is 11.5 Å². The average Bonchev–Trinajstić information content (AvgIpc) is 2.44. The van der Waals surface area contributed by atoms with Crippen molar-refractivity contribution >= 4 is 10.0 Å². The lowest BCUT2D eigenvalue weighted by molar-refractivity contribution is 0.482. The fourth-order valence-corrected chi connectivity index (χ4v) is 2.45. The maximum absolute atomic E-state index is 11.0. The van der Waals surface area contributed by atoms with E-state index >= 15 is 0 Å². The summed E-state index contributed by atoms with van der Waals surface area (Å²) in [5.74, 6) is 1.59. The molecule has 0 fully saturated rings. The summed E-state index contributed by atoms with van der Waals surface area (Å²) in [5.41, 5.74) is 1.12. The van der Waals surface area contributed by atoms with Gasteiger partial charge in [-0.3, -0.25) is 0 Å². The van der Waals surface area contributed by atoms with Gasteiger partial charge in [-0.05, 0) is 42.7 Å². The van der Waals surface area contributed by atoms with Crippen LogP contribution in [0.2, 0.25) is 0 Å². The van der Waals surface area contributed by atoms with E-state index in [-0.39, 0.29) is 0 Å². The first-order valence-electron chi connectivity index (χ1n) is 6.79. The van der Waals surface area contributed by atoms with Gasteiger partial charge in [-0.25, -0.2) is 13.1 Å². The van der Waals surface area contributed by atoms with Gasteiger partial charge in [-0.1, -0.05) is 30.3 Å². The zero-order chi connectivity index (χ0) is 15.1. The van der Waals surface area contributed by atoms with Gasteiger partial charge in [0.05, 0.1) is 6.26 Å². The van der Waals surface area contributed by atoms with Crippen molar-refractivity contribution in [1.82, 2.24) is 4.72 Å². The van der Waals surface area contributed by atoms with Crippen LogP contribution < -0.4 is 9.46 Å². The Kier molecular flexibility index (Phi) is 5.36. The quantitative estimate of drug-likeness (QED) is 0.800. The Bertz CT molecular complexity index is 669. The van der Waals surface area contributed by atoms with E-state index in [4.69, 9.17) is 4.74 Å². The third kappa shape index (κ3) is 5.97. The van der Waals surface area contributed by atoms with E-state index in [9.17, 15) is 8.42 Å². The summed E-state index contributed by atoms with van der Waals surface area (Å²) in [6.07, 6.45) is 2.72. The molecule has 0 amide bonds. The van der Waals surface area contributed by atoms with Crippen LogP contribution in [0.15, 0.2) is 54.6 Å². The fraction of sp³-hybridized carbons (Fsp3) is 0.250. The number of nitrogens with one attached hydrogen (secondary N) is 1. The normalized spacial score (nSPS) is 11.3. The molecule has 0 atom stereocenters. The highest BCUT2D eigenvalue weighted by molar-refractivity contribution is 7.88. The van der Waals surface area contributed by atoms with Crippen molar-refractivity contribution in [3.05, 3.63) is 60.2 Å². The molecule has 0 saturated heterocycles. The second-order valence-electron chi connectivity index (χ2n) is 4.83. The summed E-state index contributed by atoms with van der Waals surface area (Å²) >= 11 is 0. The molecule has 21 heavy (non-hydrogen) atoms. The summed E-state index contributed by atoms with van der Waals surface area (Å²) in [6, 6.07) is 17.4. The van der Waals surface area contributed by atoms with Crippen LogP contribution in [0.3, 0.4) is 0 Å². The lowest BCUT2D eigenvalue weighted by Gasteiger charge is -2.08. The molecule has 0 bridgehead atoms. The average molecular weight is 305 g/mol. The molecular formula is C16H19NO3S. The molecule has 2 aromatic carbocycles. The molecule has 2 rings (SSSR count). The first kappa shape index (κ1) is 15.5. The molecule has 112 valence electrons. The SMILES string of the molecule is CS(=O)(=O)NCCCc1cccc(Oc2ccccc2)c1. The van der Waals surface area contributed by atoms with Gasteiger partial charge in [0.15, 0.2) is 0 Å². The molecular weight excluding hydrogens is 286 g/mol. The van der Waals surface area contributed by atoms with E-state index in [0.29, 0.717) is 6.54 Å². The van der Waals surface area contributed by atoms with Gasteiger partial charge in [0.25, 0.3) is 0 Å². The fourth-order valence-electron chi connectivity index (χ4n) is 1.94. The van der Waals surface area contributed by atoms with Gasteiger partial charge in [-0.2, -0.15) is 0 Å². The third-order valence-corrected chi connectivity index (χ3v) is 3.61. The van der Waals surface area contributed by atoms with E-state index in [0.717, 1.165) is 29.9 Å². The molecule has 0 heterocycles. The van der Waals surface area contributed by atoms with Gasteiger partial charge < -0.3 is 4.74 Å². The number of hydrogen-bond acceptors (Lipinski definition) is 3. The molecule has 4 nitrogen and oxygen atoms in total. The number of aryl methyl sites for hydroxylation is 1. The first-order valence-corrected chi connectivity index (χ1v) is 8.68. The van der Waals surface area contributed by atoms with E-state index < -0.39 is 10.0 Å². The lowest BCUT2D eigenvalue weighted by atomic mass is 10.1. The van der Waals surface area contributed by atoms with Crippen LogP contribution in [0.25, 0.3) is 0 Å². The van der Waals surface area contributed by atoms with Gasteiger partial charge in [0, 0.05) is 6.54 Å². The van der Waals surface area contributed by atoms with Crippen molar-refractivity contribution in [3.63, 3.8) is 0 Å². The molecule has 0 aliphatic heterocycles. The molecule has 0 aromatic heterocycles. The number of benzene rings is 2. The zero-order valence-electron chi connectivity index (χ0n) is 12.0. The van der Waals surface area contributed by atoms with Gasteiger partial charge >= 0.3 is 0 Å². The summed E-state index contributed by atoms with van der Waals surface area (Å²) in [4.78, 5) is 0. The molecule has 0 aliphatic rings. The lowest BCUT2D eigenvalue weighted by Crippen LogP contribution is -2.23. The van der Waals surface area contributed by atoms with Crippen LogP contribution in [0.4, 0.5) is 0 Å². The monoisotopic (exact) mass is 305 g/mol. The van der Waals surface area contributed by atoms with Crippen LogP contribution in [-0.2, 0) is 16.4 Å². The predicted octanol–water partition coefficient (Wildman–Crippen LogP) is 2.96. The Morgan fingerprint density at radius 1 is 1.00 bits per heavy atom. The van der Waals surface area contributed by atoms with Gasteiger partial charge in [0.1, 0.15) is 11.5 Å². The Morgan fingerprint density at radius 2 is 1.71 bits per heavy atom. The maximum Gasteiger partial charge on any atom is 0.208 e. The molecule has 2 aromatic rings. The summed E-state index contributed by atoms with van der Waals surface area (Å²) in [5, 5.41) is 0. The van der Waals surface area contributed by atoms with Crippen LogP contribution >= 0.6 is 0 Å². The minimum Gasteiger partial charge on any atom is -0.457 e. The Labute approximate surface area is 125 Å². The summed E-state index contributed by atoms with van der Waals surface area (Å²) < 4.78 is 30.2. The number of sulfonamides is 1. The molecule has 5 heteroatoms. The standard InChI is InChI=1S/C16H19NO3S/c1-21(18,19)17-12-6-8-14-7-5-11-16(13-14)20-15-9-3-2-4-10-15/h2-5,7,9-11,13,17H,6,8,12H2,1H3. The predicted molar refractivity (Wildman–Crippen MR) is 84.1 cm³/mol. The highest BCUT2D eigenvalue weighted by Crippen LogP contribution is 2.22. The van der Waals surface area contributed by atoms with Crippen molar-refractivity contribution in [2.45, 2.75) is 12.8 Å². The van der Waals surface area contributed by atoms with E-state index in [1.165, 1.54) is 6.26 Å². The second kappa shape index (κ2) is 7.24. The van der Waals surface area contributed by atoms with E-state index in [1.807, 2.05) is 54.6 Å². The van der Waals surface area contributed by atoms with E-state index in [2.05, 4.69) is 4.72 Å².